The number of hydrogen-bond acceptors (Lipinski definition) is 7. The van der Waals surface area contributed by atoms with Crippen LogP contribution in [0.15, 0.2) is 59.6 Å². The zero-order valence-corrected chi connectivity index (χ0v) is 21.4. The van der Waals surface area contributed by atoms with E-state index in [1.54, 1.807) is 24.5 Å². The molecule has 0 fully saturated rings. The van der Waals surface area contributed by atoms with Gasteiger partial charge < -0.3 is 15.8 Å². The van der Waals surface area contributed by atoms with Gasteiger partial charge in [-0.3, -0.25) is 9.78 Å². The van der Waals surface area contributed by atoms with Gasteiger partial charge in [-0.15, -0.1) is 11.3 Å². The summed E-state index contributed by atoms with van der Waals surface area (Å²) in [5.74, 6) is 0.0666. The van der Waals surface area contributed by atoms with Gasteiger partial charge in [0.25, 0.3) is 0 Å². The first kappa shape index (κ1) is 28.4. The van der Waals surface area contributed by atoms with Gasteiger partial charge in [0.2, 0.25) is 0 Å². The van der Waals surface area contributed by atoms with Crippen molar-refractivity contribution in [3.05, 3.63) is 76.6 Å². The van der Waals surface area contributed by atoms with E-state index in [0.29, 0.717) is 0 Å². The van der Waals surface area contributed by atoms with Gasteiger partial charge in [-0.05, 0) is 78.2 Å². The van der Waals surface area contributed by atoms with Crippen LogP contribution in [0.1, 0.15) is 47.6 Å². The van der Waals surface area contributed by atoms with Crippen LogP contribution in [0.5, 0.6) is 0 Å². The number of thiophene rings is 1. The summed E-state index contributed by atoms with van der Waals surface area (Å²) in [4.78, 5) is 16.4. The first-order chi connectivity index (χ1) is 15.9. The second-order valence-corrected chi connectivity index (χ2v) is 8.73. The number of nitrogens with zero attached hydrogens (tertiary/aromatic N) is 1. The van der Waals surface area contributed by atoms with Crippen molar-refractivity contribution in [2.24, 2.45) is 5.73 Å². The molecule has 0 aliphatic carbocycles. The third-order valence-corrected chi connectivity index (χ3v) is 6.34. The van der Waals surface area contributed by atoms with Crippen LogP contribution in [-0.4, -0.2) is 25.4 Å². The van der Waals surface area contributed by atoms with Gasteiger partial charge in [0, 0.05) is 41.3 Å². The minimum absolute atomic E-state index is 0.197. The number of aryl methyl sites for hydroxylation is 1. The van der Waals surface area contributed by atoms with Crippen molar-refractivity contribution in [2.75, 3.05) is 19.4 Å². The topological polar surface area (TPSA) is 80.0 Å². The highest BCUT2D eigenvalue weighted by Crippen LogP contribution is 2.35. The molecule has 8 heteroatoms. The summed E-state index contributed by atoms with van der Waals surface area (Å²) in [5.41, 5.74) is 9.41. The van der Waals surface area contributed by atoms with E-state index in [9.17, 15) is 9.18 Å². The van der Waals surface area contributed by atoms with Gasteiger partial charge in [-0.2, -0.15) is 0 Å². The first-order valence-electron chi connectivity index (χ1n) is 10.5. The number of nitrogens with two attached hydrogens (primary N) is 1. The summed E-state index contributed by atoms with van der Waals surface area (Å²) in [7, 11) is 3.38. The fourth-order valence-corrected chi connectivity index (χ4v) is 4.45. The summed E-state index contributed by atoms with van der Waals surface area (Å²) in [6.07, 6.45) is 5.09. The molecule has 0 amide bonds. The van der Waals surface area contributed by atoms with E-state index in [4.69, 9.17) is 0 Å². The molecule has 0 radical (unpaired) electrons. The Hall–Kier alpha value is -2.68. The molecule has 0 aliphatic rings. The maximum absolute atomic E-state index is 13.9. The summed E-state index contributed by atoms with van der Waals surface area (Å²) >= 11 is 2.83. The Balaban J connectivity index is 0.000000354. The minimum atomic E-state index is -0.197. The first-order valence-corrected chi connectivity index (χ1v) is 12.2. The van der Waals surface area contributed by atoms with Crippen LogP contribution < -0.4 is 15.8 Å². The summed E-state index contributed by atoms with van der Waals surface area (Å²) in [6, 6.07) is 9.06. The number of nitrogens with one attached hydrogen (secondary N) is 2. The van der Waals surface area contributed by atoms with Crippen LogP contribution >= 0.6 is 23.3 Å². The zero-order valence-electron chi connectivity index (χ0n) is 19.8. The number of pyridine rings is 1. The highest BCUT2D eigenvalue weighted by Gasteiger charge is 2.14. The molecule has 0 bridgehead atoms. The molecule has 3 aromatic rings. The van der Waals surface area contributed by atoms with Crippen LogP contribution in [0.2, 0.25) is 0 Å². The number of anilines is 1. The fraction of sp³-hybridized carbons (Fsp3) is 0.280. The predicted octanol–water partition coefficient (Wildman–Crippen LogP) is 6.49. The molecule has 0 saturated carbocycles. The number of carbonyl (C=O) groups is 1. The Labute approximate surface area is 204 Å². The van der Waals surface area contributed by atoms with Gasteiger partial charge in [0.15, 0.2) is 6.29 Å². The molecule has 0 saturated heterocycles. The third-order valence-electron chi connectivity index (χ3n) is 4.51. The number of aromatic nitrogens is 1. The van der Waals surface area contributed by atoms with Gasteiger partial charge in [0.05, 0.1) is 4.88 Å². The van der Waals surface area contributed by atoms with Gasteiger partial charge >= 0.3 is 0 Å². The Bertz CT molecular complexity index is 1020. The molecule has 5 nitrogen and oxygen atoms in total. The van der Waals surface area contributed by atoms with Gasteiger partial charge in [-0.25, -0.2) is 4.39 Å². The van der Waals surface area contributed by atoms with Crippen molar-refractivity contribution < 1.29 is 9.18 Å². The Morgan fingerprint density at radius 2 is 2.00 bits per heavy atom. The molecule has 0 atom stereocenters. The molecule has 33 heavy (non-hydrogen) atoms. The molecule has 0 unspecified atom stereocenters. The van der Waals surface area contributed by atoms with Crippen molar-refractivity contribution in [3.8, 4) is 11.1 Å². The quantitative estimate of drug-likeness (QED) is 0.248. The molecule has 0 aliphatic heterocycles. The largest absolute Gasteiger partial charge is 0.387 e. The van der Waals surface area contributed by atoms with E-state index in [-0.39, 0.29) is 11.7 Å². The van der Waals surface area contributed by atoms with Crippen molar-refractivity contribution >= 4 is 35.3 Å². The number of carbonyl (C=O) groups excluding carboxylic acids is 1. The van der Waals surface area contributed by atoms with Crippen molar-refractivity contribution in [1.82, 2.24) is 9.71 Å². The van der Waals surface area contributed by atoms with Crippen molar-refractivity contribution in [1.29, 1.82) is 0 Å². The van der Waals surface area contributed by atoms with E-state index in [2.05, 4.69) is 48.1 Å². The summed E-state index contributed by atoms with van der Waals surface area (Å²) in [5, 5.41) is 5.11. The lowest BCUT2D eigenvalue weighted by Crippen LogP contribution is -2.02. The Kier molecular flexibility index (Phi) is 13.1. The monoisotopic (exact) mass is 488 g/mol. The molecule has 2 heterocycles. The minimum Gasteiger partial charge on any atom is -0.387 e. The normalized spacial score (nSPS) is 9.82. The third kappa shape index (κ3) is 8.31. The van der Waals surface area contributed by atoms with Crippen LogP contribution in [0.3, 0.4) is 0 Å². The number of rotatable bonds is 8. The van der Waals surface area contributed by atoms with Crippen LogP contribution in [0.25, 0.3) is 11.1 Å². The second-order valence-electron chi connectivity index (χ2n) is 6.90. The highest BCUT2D eigenvalue weighted by molar-refractivity contribution is 7.97. The number of hydrogen-bond donors (Lipinski definition) is 3. The SMILES string of the molecule is C=CNSc1ccsc1C=O.CCc1cc(-c2cc(F)cc(C(C)C)c2NC)ccn1.CN. The molecule has 0 spiro atoms. The lowest BCUT2D eigenvalue weighted by molar-refractivity contribution is 0.112. The van der Waals surface area contributed by atoms with Gasteiger partial charge in [-0.1, -0.05) is 27.4 Å². The second kappa shape index (κ2) is 15.2. The molecule has 2 aromatic heterocycles. The van der Waals surface area contributed by atoms with Crippen LogP contribution in [-0.2, 0) is 6.42 Å². The smallest absolute Gasteiger partial charge is 0.161 e. The van der Waals surface area contributed by atoms with E-state index < -0.39 is 0 Å². The lowest BCUT2D eigenvalue weighted by atomic mass is 9.94. The Morgan fingerprint density at radius 1 is 1.27 bits per heavy atom. The Morgan fingerprint density at radius 3 is 2.58 bits per heavy atom. The molecule has 3 rings (SSSR count). The van der Waals surface area contributed by atoms with Crippen LogP contribution in [0.4, 0.5) is 10.1 Å². The molecule has 178 valence electrons. The molecular formula is C25H33FN4OS2. The number of benzene rings is 1. The maximum Gasteiger partial charge on any atom is 0.161 e. The van der Waals surface area contributed by atoms with Gasteiger partial charge in [0.1, 0.15) is 5.82 Å². The summed E-state index contributed by atoms with van der Waals surface area (Å²) in [6.45, 7) is 9.71. The average molecular weight is 489 g/mol. The number of aldehydes is 1. The average Bonchev–Trinajstić information content (AvgIpc) is 3.31. The molecule has 4 N–H and O–H groups in total. The van der Waals surface area contributed by atoms with E-state index >= 15 is 0 Å². The molecular weight excluding hydrogens is 455 g/mol. The van der Waals surface area contributed by atoms with Crippen molar-refractivity contribution in [3.63, 3.8) is 0 Å². The van der Waals surface area contributed by atoms with Crippen LogP contribution in [0, 0.1) is 5.82 Å². The summed E-state index contributed by atoms with van der Waals surface area (Å²) < 4.78 is 16.8. The number of halogens is 1. The van der Waals surface area contributed by atoms with Crippen molar-refractivity contribution in [2.45, 2.75) is 38.0 Å². The standard InChI is InChI=1S/C17H21FN2.C7H7NOS2.CH5N/c1-5-14-8-12(6-7-20-14)16-10-13(18)9-15(11(2)3)17(16)19-4;1-2-8-11-6-3-4-10-7(6)5-9;1-2/h6-11,19H,5H2,1-4H3;2-5,8H,1H2;2H2,1H3. The van der Waals surface area contributed by atoms with E-state index in [0.717, 1.165) is 50.6 Å². The predicted molar refractivity (Wildman–Crippen MR) is 142 cm³/mol. The fourth-order valence-electron chi connectivity index (χ4n) is 3.01. The zero-order chi connectivity index (χ0) is 24.8. The molecule has 1 aromatic carbocycles. The van der Waals surface area contributed by atoms with E-state index in [1.165, 1.54) is 30.3 Å². The van der Waals surface area contributed by atoms with E-state index in [1.807, 2.05) is 30.6 Å². The lowest BCUT2D eigenvalue weighted by Gasteiger charge is -2.18. The highest BCUT2D eigenvalue weighted by atomic mass is 32.2. The maximum atomic E-state index is 13.9.